The van der Waals surface area contributed by atoms with Crippen molar-refractivity contribution >= 4 is 5.69 Å². The lowest BCUT2D eigenvalue weighted by atomic mass is 9.98. The molecule has 1 N–H and O–H groups in total. The van der Waals surface area contributed by atoms with Gasteiger partial charge in [0.2, 0.25) is 0 Å². The predicted molar refractivity (Wildman–Crippen MR) is 79.6 cm³/mol. The van der Waals surface area contributed by atoms with Gasteiger partial charge < -0.3 is 10.2 Å². The van der Waals surface area contributed by atoms with E-state index in [2.05, 4.69) is 56.1 Å². The van der Waals surface area contributed by atoms with Crippen molar-refractivity contribution < 1.29 is 0 Å². The topological polar surface area (TPSA) is 15.3 Å². The summed E-state index contributed by atoms with van der Waals surface area (Å²) in [5.41, 5.74) is 4.43. The first-order chi connectivity index (χ1) is 8.52. The second kappa shape index (κ2) is 5.31. The van der Waals surface area contributed by atoms with Crippen LogP contribution in [0.5, 0.6) is 0 Å². The van der Waals surface area contributed by atoms with Crippen LogP contribution >= 0.6 is 0 Å². The Bertz CT molecular complexity index is 412. The average molecular weight is 246 g/mol. The Morgan fingerprint density at radius 2 is 2.06 bits per heavy atom. The second-order valence-corrected chi connectivity index (χ2v) is 5.93. The zero-order chi connectivity index (χ0) is 13.3. The van der Waals surface area contributed by atoms with E-state index in [0.717, 1.165) is 13.0 Å². The summed E-state index contributed by atoms with van der Waals surface area (Å²) < 4.78 is 0. The van der Waals surface area contributed by atoms with Gasteiger partial charge in [-0.15, -0.1) is 0 Å². The molecule has 1 aromatic rings. The van der Waals surface area contributed by atoms with Crippen molar-refractivity contribution in [2.75, 3.05) is 18.5 Å². The van der Waals surface area contributed by atoms with Crippen LogP contribution < -0.4 is 10.2 Å². The number of nitrogens with zero attached hydrogens (tertiary/aromatic N) is 1. The molecular weight excluding hydrogens is 220 g/mol. The Hall–Kier alpha value is -1.02. The second-order valence-electron chi connectivity index (χ2n) is 5.93. The normalized spacial score (nSPS) is 20.3. The largest absolute Gasteiger partial charge is 0.368 e. The molecule has 18 heavy (non-hydrogen) atoms. The first-order valence-electron chi connectivity index (χ1n) is 7.09. The summed E-state index contributed by atoms with van der Waals surface area (Å²) in [6, 6.07) is 8.16. The first kappa shape index (κ1) is 13.4. The van der Waals surface area contributed by atoms with Gasteiger partial charge >= 0.3 is 0 Å². The molecule has 0 saturated carbocycles. The van der Waals surface area contributed by atoms with Gasteiger partial charge in [-0.1, -0.05) is 19.1 Å². The number of rotatable bonds is 4. The standard InChI is InChI=1S/C16H26N2/c1-11(2)18-10-12(3)15-9-14(6-7-16(15)18)8-13(4)17-5/h6-7,9,11-13,17H,8,10H2,1-5H3. The predicted octanol–water partition coefficient (Wildman–Crippen LogP) is 3.17. The molecule has 0 saturated heterocycles. The minimum Gasteiger partial charge on any atom is -0.368 e. The van der Waals surface area contributed by atoms with Gasteiger partial charge in [0.1, 0.15) is 0 Å². The minimum absolute atomic E-state index is 0.543. The quantitative estimate of drug-likeness (QED) is 0.878. The third-order valence-electron chi connectivity index (χ3n) is 4.06. The van der Waals surface area contributed by atoms with Crippen molar-refractivity contribution in [3.63, 3.8) is 0 Å². The van der Waals surface area contributed by atoms with Gasteiger partial charge in [-0.25, -0.2) is 0 Å². The smallest absolute Gasteiger partial charge is 0.0404 e. The number of hydrogen-bond acceptors (Lipinski definition) is 2. The fourth-order valence-corrected chi connectivity index (χ4v) is 2.82. The Labute approximate surface area is 111 Å². The zero-order valence-electron chi connectivity index (χ0n) is 12.3. The maximum Gasteiger partial charge on any atom is 0.0404 e. The van der Waals surface area contributed by atoms with Crippen LogP contribution in [-0.4, -0.2) is 25.7 Å². The van der Waals surface area contributed by atoms with E-state index in [1.807, 2.05) is 7.05 Å². The highest BCUT2D eigenvalue weighted by atomic mass is 15.2. The molecule has 0 bridgehead atoms. The van der Waals surface area contributed by atoms with E-state index in [1.54, 1.807) is 0 Å². The van der Waals surface area contributed by atoms with Crippen molar-refractivity contribution in [2.45, 2.75) is 52.1 Å². The highest BCUT2D eigenvalue weighted by Crippen LogP contribution is 2.37. The van der Waals surface area contributed by atoms with E-state index in [0.29, 0.717) is 18.0 Å². The summed E-state index contributed by atoms with van der Waals surface area (Å²) in [5, 5.41) is 3.31. The lowest BCUT2D eigenvalue weighted by molar-refractivity contribution is 0.608. The molecule has 0 amide bonds. The molecule has 0 radical (unpaired) electrons. The van der Waals surface area contributed by atoms with Crippen molar-refractivity contribution in [1.29, 1.82) is 0 Å². The van der Waals surface area contributed by atoms with Gasteiger partial charge in [-0.05, 0) is 51.4 Å². The van der Waals surface area contributed by atoms with Crippen LogP contribution in [0.25, 0.3) is 0 Å². The number of nitrogens with one attached hydrogen (secondary N) is 1. The van der Waals surface area contributed by atoms with Crippen molar-refractivity contribution in [1.82, 2.24) is 5.32 Å². The molecule has 2 rings (SSSR count). The zero-order valence-corrected chi connectivity index (χ0v) is 12.3. The monoisotopic (exact) mass is 246 g/mol. The van der Waals surface area contributed by atoms with Gasteiger partial charge in [0.25, 0.3) is 0 Å². The van der Waals surface area contributed by atoms with E-state index < -0.39 is 0 Å². The molecule has 2 atom stereocenters. The van der Waals surface area contributed by atoms with Gasteiger partial charge in [-0.2, -0.15) is 0 Å². The van der Waals surface area contributed by atoms with Gasteiger partial charge in [0.15, 0.2) is 0 Å². The van der Waals surface area contributed by atoms with Crippen LogP contribution in [0.2, 0.25) is 0 Å². The molecule has 0 spiro atoms. The van der Waals surface area contributed by atoms with E-state index in [-0.39, 0.29) is 0 Å². The lowest BCUT2D eigenvalue weighted by Crippen LogP contribution is -2.29. The fourth-order valence-electron chi connectivity index (χ4n) is 2.82. The molecule has 1 aliphatic heterocycles. The van der Waals surface area contributed by atoms with Crippen LogP contribution in [0.3, 0.4) is 0 Å². The summed E-state index contributed by atoms with van der Waals surface area (Å²) >= 11 is 0. The lowest BCUT2D eigenvalue weighted by Gasteiger charge is -2.24. The number of anilines is 1. The Balaban J connectivity index is 2.25. The summed E-state index contributed by atoms with van der Waals surface area (Å²) in [6.45, 7) is 10.3. The molecule has 2 nitrogen and oxygen atoms in total. The number of fused-ring (bicyclic) bond motifs is 1. The Kier molecular flexibility index (Phi) is 3.96. The van der Waals surface area contributed by atoms with E-state index in [9.17, 15) is 0 Å². The van der Waals surface area contributed by atoms with Crippen molar-refractivity contribution in [3.8, 4) is 0 Å². The van der Waals surface area contributed by atoms with Gasteiger partial charge in [0, 0.05) is 30.2 Å². The van der Waals surface area contributed by atoms with E-state index >= 15 is 0 Å². The molecule has 2 unspecified atom stereocenters. The number of hydrogen-bond donors (Lipinski definition) is 1. The molecule has 0 aliphatic carbocycles. The number of likely N-dealkylation sites (N-methyl/N-ethyl adjacent to an activating group) is 1. The first-order valence-corrected chi connectivity index (χ1v) is 7.09. The van der Waals surface area contributed by atoms with Crippen LogP contribution in [0.1, 0.15) is 44.7 Å². The molecule has 1 heterocycles. The van der Waals surface area contributed by atoms with Crippen LogP contribution in [-0.2, 0) is 6.42 Å². The van der Waals surface area contributed by atoms with Crippen molar-refractivity contribution in [2.24, 2.45) is 0 Å². The highest BCUT2D eigenvalue weighted by molar-refractivity contribution is 5.61. The third kappa shape index (κ3) is 2.54. The summed E-state index contributed by atoms with van der Waals surface area (Å²) in [5.74, 6) is 0.659. The third-order valence-corrected chi connectivity index (χ3v) is 4.06. The summed E-state index contributed by atoms with van der Waals surface area (Å²) in [6.07, 6.45) is 1.11. The van der Waals surface area contributed by atoms with Crippen molar-refractivity contribution in [3.05, 3.63) is 29.3 Å². The van der Waals surface area contributed by atoms with E-state index in [4.69, 9.17) is 0 Å². The van der Waals surface area contributed by atoms with Crippen LogP contribution in [0.15, 0.2) is 18.2 Å². The Morgan fingerprint density at radius 3 is 2.67 bits per heavy atom. The number of benzene rings is 1. The maximum atomic E-state index is 3.31. The van der Waals surface area contributed by atoms with Gasteiger partial charge in [-0.3, -0.25) is 0 Å². The molecule has 100 valence electrons. The minimum atomic E-state index is 0.543. The molecule has 2 heteroatoms. The molecule has 0 fully saturated rings. The van der Waals surface area contributed by atoms with Gasteiger partial charge in [0.05, 0.1) is 0 Å². The Morgan fingerprint density at radius 1 is 1.33 bits per heavy atom. The molecule has 1 aromatic carbocycles. The van der Waals surface area contributed by atoms with Crippen LogP contribution in [0.4, 0.5) is 5.69 Å². The van der Waals surface area contributed by atoms with Crippen LogP contribution in [0, 0.1) is 0 Å². The highest BCUT2D eigenvalue weighted by Gasteiger charge is 2.27. The van der Waals surface area contributed by atoms with E-state index in [1.165, 1.54) is 16.8 Å². The average Bonchev–Trinajstić information content (AvgIpc) is 2.67. The summed E-state index contributed by atoms with van der Waals surface area (Å²) in [4.78, 5) is 2.52. The summed E-state index contributed by atoms with van der Waals surface area (Å²) in [7, 11) is 2.03. The maximum absolute atomic E-state index is 3.31. The molecular formula is C16H26N2. The molecule has 0 aromatic heterocycles. The SMILES string of the molecule is CNC(C)Cc1ccc2c(c1)C(C)CN2C(C)C. The fraction of sp³-hybridized carbons (Fsp3) is 0.625. The molecule has 1 aliphatic rings.